The minimum absolute atomic E-state index is 0.00634. The van der Waals surface area contributed by atoms with Gasteiger partial charge in [-0.25, -0.2) is 4.98 Å². The van der Waals surface area contributed by atoms with Gasteiger partial charge in [-0.3, -0.25) is 9.59 Å². The molecule has 0 saturated carbocycles. The Labute approximate surface area is 158 Å². The predicted octanol–water partition coefficient (Wildman–Crippen LogP) is 1.90. The molecule has 1 aromatic carbocycles. The SMILES string of the molecule is O=C(c1ccc(C(=O)N2CCC[C@H](c3ncc[nH]3)C2)cc1)N1CCOCC1. The van der Waals surface area contributed by atoms with Crippen LogP contribution in [0.5, 0.6) is 0 Å². The molecule has 27 heavy (non-hydrogen) atoms. The normalized spacial score (nSPS) is 20.5. The summed E-state index contributed by atoms with van der Waals surface area (Å²) in [6.07, 6.45) is 5.57. The van der Waals surface area contributed by atoms with Gasteiger partial charge in [0.15, 0.2) is 0 Å². The number of rotatable bonds is 3. The fourth-order valence-electron chi connectivity index (χ4n) is 3.77. The van der Waals surface area contributed by atoms with Gasteiger partial charge >= 0.3 is 0 Å². The number of morpholine rings is 1. The maximum Gasteiger partial charge on any atom is 0.254 e. The van der Waals surface area contributed by atoms with Gasteiger partial charge < -0.3 is 19.5 Å². The summed E-state index contributed by atoms with van der Waals surface area (Å²) in [5.41, 5.74) is 1.23. The summed E-state index contributed by atoms with van der Waals surface area (Å²) in [5.74, 6) is 1.20. The first-order valence-electron chi connectivity index (χ1n) is 9.48. The second-order valence-electron chi connectivity index (χ2n) is 7.05. The Morgan fingerprint density at radius 1 is 1.00 bits per heavy atom. The Bertz CT molecular complexity index is 782. The van der Waals surface area contributed by atoms with Crippen LogP contribution in [-0.4, -0.2) is 71.0 Å². The van der Waals surface area contributed by atoms with Crippen LogP contribution < -0.4 is 0 Å². The fourth-order valence-corrected chi connectivity index (χ4v) is 3.77. The molecule has 2 saturated heterocycles. The maximum atomic E-state index is 12.9. The molecule has 0 bridgehead atoms. The average Bonchev–Trinajstić information content (AvgIpc) is 3.29. The third kappa shape index (κ3) is 3.88. The van der Waals surface area contributed by atoms with Crippen LogP contribution in [0.25, 0.3) is 0 Å². The number of nitrogens with one attached hydrogen (secondary N) is 1. The summed E-state index contributed by atoms with van der Waals surface area (Å²) in [6.45, 7) is 3.80. The number of imidazole rings is 1. The number of likely N-dealkylation sites (tertiary alicyclic amines) is 1. The van der Waals surface area contributed by atoms with Crippen LogP contribution in [0.3, 0.4) is 0 Å². The highest BCUT2D eigenvalue weighted by Gasteiger charge is 2.27. The molecule has 1 atom stereocenters. The number of aromatic amines is 1. The molecule has 2 aliphatic heterocycles. The second kappa shape index (κ2) is 7.92. The molecule has 3 heterocycles. The van der Waals surface area contributed by atoms with Gasteiger partial charge in [0.2, 0.25) is 0 Å². The van der Waals surface area contributed by atoms with Gasteiger partial charge in [0.25, 0.3) is 11.8 Å². The zero-order valence-electron chi connectivity index (χ0n) is 15.3. The van der Waals surface area contributed by atoms with Crippen molar-refractivity contribution in [2.45, 2.75) is 18.8 Å². The van der Waals surface area contributed by atoms with E-state index in [1.807, 2.05) is 11.1 Å². The Hall–Kier alpha value is -2.67. The summed E-state index contributed by atoms with van der Waals surface area (Å²) in [5, 5.41) is 0. The van der Waals surface area contributed by atoms with E-state index >= 15 is 0 Å². The molecule has 4 rings (SSSR count). The van der Waals surface area contributed by atoms with Gasteiger partial charge in [0.1, 0.15) is 5.82 Å². The highest BCUT2D eigenvalue weighted by atomic mass is 16.5. The highest BCUT2D eigenvalue weighted by molar-refractivity contribution is 5.98. The molecule has 0 spiro atoms. The number of hydrogen-bond donors (Lipinski definition) is 1. The third-order valence-corrected chi connectivity index (χ3v) is 5.29. The lowest BCUT2D eigenvalue weighted by Crippen LogP contribution is -2.41. The van der Waals surface area contributed by atoms with E-state index in [2.05, 4.69) is 9.97 Å². The number of amides is 2. The number of ether oxygens (including phenoxy) is 1. The van der Waals surface area contributed by atoms with E-state index in [-0.39, 0.29) is 17.7 Å². The number of benzene rings is 1. The molecule has 7 heteroatoms. The maximum absolute atomic E-state index is 12.9. The summed E-state index contributed by atoms with van der Waals surface area (Å²) in [6, 6.07) is 7.01. The Morgan fingerprint density at radius 2 is 1.67 bits per heavy atom. The second-order valence-corrected chi connectivity index (χ2v) is 7.05. The van der Waals surface area contributed by atoms with Crippen LogP contribution >= 0.6 is 0 Å². The Balaban J connectivity index is 1.42. The molecule has 2 fully saturated rings. The van der Waals surface area contributed by atoms with Gasteiger partial charge in [-0.05, 0) is 37.1 Å². The van der Waals surface area contributed by atoms with E-state index in [4.69, 9.17) is 4.74 Å². The van der Waals surface area contributed by atoms with E-state index in [0.29, 0.717) is 44.0 Å². The van der Waals surface area contributed by atoms with E-state index in [1.54, 1.807) is 35.4 Å². The van der Waals surface area contributed by atoms with Gasteiger partial charge in [-0.1, -0.05) is 0 Å². The van der Waals surface area contributed by atoms with Crippen LogP contribution in [0.4, 0.5) is 0 Å². The van der Waals surface area contributed by atoms with E-state index in [9.17, 15) is 9.59 Å². The average molecular weight is 368 g/mol. The lowest BCUT2D eigenvalue weighted by Gasteiger charge is -2.32. The molecule has 2 aliphatic rings. The standard InChI is InChI=1S/C20H24N4O3/c25-19(23-10-12-27-13-11-23)15-3-5-16(6-4-15)20(26)24-9-1-2-17(14-24)18-21-7-8-22-18/h3-8,17H,1-2,9-14H2,(H,21,22)/t17-/m0/s1. The molecule has 1 aromatic heterocycles. The number of piperidine rings is 1. The monoisotopic (exact) mass is 368 g/mol. The van der Waals surface area contributed by atoms with E-state index in [0.717, 1.165) is 25.2 Å². The minimum atomic E-state index is -0.00634. The summed E-state index contributed by atoms with van der Waals surface area (Å²) >= 11 is 0. The molecule has 7 nitrogen and oxygen atoms in total. The number of hydrogen-bond acceptors (Lipinski definition) is 4. The first-order chi connectivity index (χ1) is 13.2. The van der Waals surface area contributed by atoms with Crippen molar-refractivity contribution in [3.63, 3.8) is 0 Å². The predicted molar refractivity (Wildman–Crippen MR) is 99.6 cm³/mol. The molecular weight excluding hydrogens is 344 g/mol. The summed E-state index contributed by atoms with van der Waals surface area (Å²) in [7, 11) is 0. The molecule has 2 amide bonds. The zero-order valence-corrected chi connectivity index (χ0v) is 15.3. The largest absolute Gasteiger partial charge is 0.378 e. The van der Waals surface area contributed by atoms with Crippen molar-refractivity contribution in [3.8, 4) is 0 Å². The lowest BCUT2D eigenvalue weighted by atomic mass is 9.96. The van der Waals surface area contributed by atoms with Crippen molar-refractivity contribution in [1.29, 1.82) is 0 Å². The van der Waals surface area contributed by atoms with E-state index < -0.39 is 0 Å². The van der Waals surface area contributed by atoms with Crippen molar-refractivity contribution in [2.75, 3.05) is 39.4 Å². The first kappa shape index (κ1) is 17.7. The van der Waals surface area contributed by atoms with Crippen molar-refractivity contribution in [2.24, 2.45) is 0 Å². The topological polar surface area (TPSA) is 78.5 Å². The van der Waals surface area contributed by atoms with Crippen LogP contribution in [0.1, 0.15) is 45.3 Å². The quantitative estimate of drug-likeness (QED) is 0.898. The van der Waals surface area contributed by atoms with Crippen molar-refractivity contribution in [3.05, 3.63) is 53.6 Å². The number of H-pyrrole nitrogens is 1. The number of carbonyl (C=O) groups excluding carboxylic acids is 2. The van der Waals surface area contributed by atoms with Crippen molar-refractivity contribution < 1.29 is 14.3 Å². The smallest absolute Gasteiger partial charge is 0.254 e. The molecule has 1 N–H and O–H groups in total. The molecule has 0 unspecified atom stereocenters. The van der Waals surface area contributed by atoms with Gasteiger partial charge in [-0.2, -0.15) is 0 Å². The molecule has 0 aliphatic carbocycles. The van der Waals surface area contributed by atoms with Gasteiger partial charge in [-0.15, -0.1) is 0 Å². The third-order valence-electron chi connectivity index (χ3n) is 5.29. The van der Waals surface area contributed by atoms with Crippen LogP contribution in [0, 0.1) is 0 Å². The first-order valence-corrected chi connectivity index (χ1v) is 9.48. The summed E-state index contributed by atoms with van der Waals surface area (Å²) in [4.78, 5) is 36.6. The van der Waals surface area contributed by atoms with E-state index in [1.165, 1.54) is 0 Å². The van der Waals surface area contributed by atoms with Crippen molar-refractivity contribution >= 4 is 11.8 Å². The van der Waals surface area contributed by atoms with Crippen LogP contribution in [0.2, 0.25) is 0 Å². The van der Waals surface area contributed by atoms with Crippen LogP contribution in [-0.2, 0) is 4.74 Å². The Kier molecular flexibility index (Phi) is 5.20. The fraction of sp³-hybridized carbons (Fsp3) is 0.450. The zero-order chi connectivity index (χ0) is 18.6. The summed E-state index contributed by atoms with van der Waals surface area (Å²) < 4.78 is 5.29. The van der Waals surface area contributed by atoms with Crippen LogP contribution in [0.15, 0.2) is 36.7 Å². The molecular formula is C20H24N4O3. The number of nitrogens with zero attached hydrogens (tertiary/aromatic N) is 3. The number of aromatic nitrogens is 2. The van der Waals surface area contributed by atoms with Gasteiger partial charge in [0, 0.05) is 55.6 Å². The lowest BCUT2D eigenvalue weighted by molar-refractivity contribution is 0.0303. The van der Waals surface area contributed by atoms with Crippen molar-refractivity contribution in [1.82, 2.24) is 19.8 Å². The molecule has 0 radical (unpaired) electrons. The molecule has 142 valence electrons. The minimum Gasteiger partial charge on any atom is -0.378 e. The highest BCUT2D eigenvalue weighted by Crippen LogP contribution is 2.25. The number of carbonyl (C=O) groups is 2. The molecule has 2 aromatic rings. The Morgan fingerprint density at radius 3 is 2.30 bits per heavy atom. The van der Waals surface area contributed by atoms with Gasteiger partial charge in [0.05, 0.1) is 13.2 Å².